The van der Waals surface area contributed by atoms with Crippen molar-refractivity contribution in [1.29, 1.82) is 0 Å². The standard InChI is InChI=1S/C34H40N4O4/c1-3-4-6-9-26-12-14-27(15-13-26)32(40)36-22-20-34(21-23-36)33(41)37(25-38(34)29-10-7-5-8-11-29)24-31(39)35-28-16-18-30(42-2)19-17-28/h5,7-8,10-19H,3-4,6,9,20-25H2,1-2H3,(H,35,39). The van der Waals surface area contributed by atoms with Gasteiger partial charge in [-0.2, -0.15) is 0 Å². The predicted octanol–water partition coefficient (Wildman–Crippen LogP) is 5.35. The van der Waals surface area contributed by atoms with Crippen LogP contribution in [0.2, 0.25) is 0 Å². The lowest BCUT2D eigenvalue weighted by Crippen LogP contribution is -2.57. The Labute approximate surface area is 248 Å². The van der Waals surface area contributed by atoms with E-state index in [0.29, 0.717) is 49.6 Å². The Kier molecular flexibility index (Phi) is 9.10. The molecule has 0 unspecified atom stereocenters. The van der Waals surface area contributed by atoms with Gasteiger partial charge in [0.25, 0.3) is 11.8 Å². The van der Waals surface area contributed by atoms with Crippen LogP contribution >= 0.6 is 0 Å². The maximum Gasteiger partial charge on any atom is 0.253 e. The molecule has 8 heteroatoms. The normalized spacial score (nSPS) is 16.1. The molecule has 5 rings (SSSR count). The minimum Gasteiger partial charge on any atom is -0.497 e. The number of piperidine rings is 1. The van der Waals surface area contributed by atoms with Crippen LogP contribution in [0, 0.1) is 0 Å². The van der Waals surface area contributed by atoms with Gasteiger partial charge in [0.1, 0.15) is 17.8 Å². The number of carbonyl (C=O) groups excluding carboxylic acids is 3. The lowest BCUT2D eigenvalue weighted by Gasteiger charge is -2.43. The van der Waals surface area contributed by atoms with E-state index in [9.17, 15) is 14.4 Å². The summed E-state index contributed by atoms with van der Waals surface area (Å²) < 4.78 is 5.19. The number of amides is 3. The van der Waals surface area contributed by atoms with Gasteiger partial charge < -0.3 is 24.8 Å². The van der Waals surface area contributed by atoms with Gasteiger partial charge in [-0.05, 0) is 79.8 Å². The molecule has 8 nitrogen and oxygen atoms in total. The van der Waals surface area contributed by atoms with Crippen molar-refractivity contribution in [1.82, 2.24) is 9.80 Å². The second-order valence-electron chi connectivity index (χ2n) is 11.2. The highest BCUT2D eigenvalue weighted by Gasteiger charge is 2.54. The fourth-order valence-corrected chi connectivity index (χ4v) is 6.03. The number of aryl methyl sites for hydroxylation is 1. The second kappa shape index (κ2) is 13.1. The smallest absolute Gasteiger partial charge is 0.253 e. The molecule has 0 atom stereocenters. The number of hydrogen-bond acceptors (Lipinski definition) is 5. The van der Waals surface area contributed by atoms with Crippen molar-refractivity contribution in [3.8, 4) is 5.75 Å². The van der Waals surface area contributed by atoms with Crippen molar-refractivity contribution in [3.05, 3.63) is 90.0 Å². The Balaban J connectivity index is 1.27. The zero-order valence-electron chi connectivity index (χ0n) is 24.6. The molecule has 42 heavy (non-hydrogen) atoms. The van der Waals surface area contributed by atoms with E-state index in [4.69, 9.17) is 4.74 Å². The number of rotatable bonds is 10. The molecule has 1 spiro atoms. The predicted molar refractivity (Wildman–Crippen MR) is 165 cm³/mol. The average Bonchev–Trinajstić information content (AvgIpc) is 3.28. The highest BCUT2D eigenvalue weighted by Crippen LogP contribution is 2.39. The SMILES string of the molecule is CCCCCc1ccc(C(=O)N2CCC3(CC2)C(=O)N(CC(=O)Nc2ccc(OC)cc2)CN3c2ccccc2)cc1. The van der Waals surface area contributed by atoms with Crippen LogP contribution in [0.5, 0.6) is 5.75 Å². The first-order valence-corrected chi connectivity index (χ1v) is 14.9. The van der Waals surface area contributed by atoms with E-state index >= 15 is 0 Å². The number of benzene rings is 3. The van der Waals surface area contributed by atoms with Crippen LogP contribution in [-0.4, -0.2) is 66.5 Å². The quantitative estimate of drug-likeness (QED) is 0.334. The Morgan fingerprint density at radius 3 is 2.24 bits per heavy atom. The van der Waals surface area contributed by atoms with Gasteiger partial charge in [0, 0.05) is 30.0 Å². The molecule has 2 aliphatic heterocycles. The third-order valence-electron chi connectivity index (χ3n) is 8.44. The molecule has 0 bridgehead atoms. The third kappa shape index (κ3) is 6.27. The van der Waals surface area contributed by atoms with E-state index in [1.807, 2.05) is 47.4 Å². The maximum absolute atomic E-state index is 14.0. The van der Waals surface area contributed by atoms with Crippen LogP contribution < -0.4 is 15.0 Å². The fraction of sp³-hybridized carbons (Fsp3) is 0.382. The van der Waals surface area contributed by atoms with E-state index < -0.39 is 5.54 Å². The molecule has 0 aromatic heterocycles. The van der Waals surface area contributed by atoms with E-state index in [1.165, 1.54) is 18.4 Å². The van der Waals surface area contributed by atoms with Gasteiger partial charge in [-0.15, -0.1) is 0 Å². The van der Waals surface area contributed by atoms with Crippen LogP contribution in [-0.2, 0) is 16.0 Å². The third-order valence-corrected chi connectivity index (χ3v) is 8.44. The minimum absolute atomic E-state index is 0.00242. The van der Waals surface area contributed by atoms with Crippen molar-refractivity contribution in [2.45, 2.75) is 51.0 Å². The maximum atomic E-state index is 14.0. The van der Waals surface area contributed by atoms with E-state index in [1.54, 1.807) is 36.3 Å². The first-order valence-electron chi connectivity index (χ1n) is 14.9. The first-order chi connectivity index (χ1) is 20.4. The number of likely N-dealkylation sites (tertiary alicyclic amines) is 1. The Morgan fingerprint density at radius 1 is 0.905 bits per heavy atom. The molecular weight excluding hydrogens is 528 g/mol. The van der Waals surface area contributed by atoms with Gasteiger partial charge in [-0.25, -0.2) is 0 Å². The van der Waals surface area contributed by atoms with Crippen LogP contribution in [0.4, 0.5) is 11.4 Å². The molecule has 3 aromatic carbocycles. The zero-order chi connectivity index (χ0) is 29.5. The molecule has 3 amide bonds. The van der Waals surface area contributed by atoms with Crippen molar-refractivity contribution in [2.24, 2.45) is 0 Å². The number of anilines is 2. The molecule has 2 aliphatic rings. The van der Waals surface area contributed by atoms with Crippen LogP contribution in [0.15, 0.2) is 78.9 Å². The van der Waals surface area contributed by atoms with Gasteiger partial charge in [-0.1, -0.05) is 50.1 Å². The van der Waals surface area contributed by atoms with E-state index in [0.717, 1.165) is 18.5 Å². The van der Waals surface area contributed by atoms with Crippen molar-refractivity contribution in [2.75, 3.05) is 43.6 Å². The molecule has 3 aromatic rings. The summed E-state index contributed by atoms with van der Waals surface area (Å²) in [5.74, 6) is 0.369. The first kappa shape index (κ1) is 29.2. The summed E-state index contributed by atoms with van der Waals surface area (Å²) in [4.78, 5) is 46.0. The minimum atomic E-state index is -0.804. The molecular formula is C34H40N4O4. The highest BCUT2D eigenvalue weighted by molar-refractivity contribution is 6.00. The molecule has 0 saturated carbocycles. The topological polar surface area (TPSA) is 82.2 Å². The summed E-state index contributed by atoms with van der Waals surface area (Å²) in [6.45, 7) is 3.40. The molecule has 2 saturated heterocycles. The van der Waals surface area contributed by atoms with E-state index in [2.05, 4.69) is 29.3 Å². The van der Waals surface area contributed by atoms with Crippen LogP contribution in [0.1, 0.15) is 54.9 Å². The summed E-state index contributed by atoms with van der Waals surface area (Å²) in [6, 6.07) is 24.9. The Bertz CT molecular complexity index is 1370. The molecule has 2 fully saturated rings. The molecule has 220 valence electrons. The van der Waals surface area contributed by atoms with Gasteiger partial charge in [-0.3, -0.25) is 14.4 Å². The van der Waals surface area contributed by atoms with Crippen molar-refractivity contribution in [3.63, 3.8) is 0 Å². The lowest BCUT2D eigenvalue weighted by atomic mass is 9.85. The Hall–Kier alpha value is -4.33. The highest BCUT2D eigenvalue weighted by atomic mass is 16.5. The van der Waals surface area contributed by atoms with Crippen LogP contribution in [0.3, 0.4) is 0 Å². The van der Waals surface area contributed by atoms with Crippen molar-refractivity contribution < 1.29 is 19.1 Å². The number of para-hydroxylation sites is 1. The summed E-state index contributed by atoms with van der Waals surface area (Å²) in [5, 5.41) is 2.88. The number of ether oxygens (including phenoxy) is 1. The summed E-state index contributed by atoms with van der Waals surface area (Å²) in [5.41, 5.74) is 2.70. The molecule has 0 radical (unpaired) electrons. The number of carbonyl (C=O) groups is 3. The van der Waals surface area contributed by atoms with Gasteiger partial charge in [0.2, 0.25) is 5.91 Å². The number of nitrogens with zero attached hydrogens (tertiary/aromatic N) is 3. The number of nitrogens with one attached hydrogen (secondary N) is 1. The van der Waals surface area contributed by atoms with Crippen molar-refractivity contribution >= 4 is 29.1 Å². The lowest BCUT2D eigenvalue weighted by molar-refractivity contribution is -0.136. The average molecular weight is 569 g/mol. The van der Waals surface area contributed by atoms with E-state index in [-0.39, 0.29) is 24.3 Å². The molecule has 1 N–H and O–H groups in total. The van der Waals surface area contributed by atoms with Crippen LogP contribution in [0.25, 0.3) is 0 Å². The number of methoxy groups -OCH3 is 1. The summed E-state index contributed by atoms with van der Waals surface area (Å²) in [6.07, 6.45) is 5.58. The molecule has 0 aliphatic carbocycles. The summed E-state index contributed by atoms with van der Waals surface area (Å²) >= 11 is 0. The second-order valence-corrected chi connectivity index (χ2v) is 11.2. The monoisotopic (exact) mass is 568 g/mol. The summed E-state index contributed by atoms with van der Waals surface area (Å²) in [7, 11) is 1.59. The molecule has 2 heterocycles. The van der Waals surface area contributed by atoms with Gasteiger partial charge in [0.05, 0.1) is 13.8 Å². The zero-order valence-corrected chi connectivity index (χ0v) is 24.6. The van der Waals surface area contributed by atoms with Gasteiger partial charge >= 0.3 is 0 Å². The fourth-order valence-electron chi connectivity index (χ4n) is 6.03. The number of hydrogen-bond donors (Lipinski definition) is 1. The van der Waals surface area contributed by atoms with Gasteiger partial charge in [0.15, 0.2) is 0 Å². The largest absolute Gasteiger partial charge is 0.497 e. The Morgan fingerprint density at radius 2 is 1.60 bits per heavy atom. The number of unbranched alkanes of at least 4 members (excludes halogenated alkanes) is 2.